The largest absolute Gasteiger partial charge is 0.597 e. The molecule has 116 valence electrons. The summed E-state index contributed by atoms with van der Waals surface area (Å²) in [5.41, 5.74) is 9.76. The number of aliphatic carboxylic acids is 2. The first-order valence-corrected chi connectivity index (χ1v) is 4.71. The van der Waals surface area contributed by atoms with Crippen molar-refractivity contribution in [2.45, 2.75) is 12.1 Å². The van der Waals surface area contributed by atoms with Crippen molar-refractivity contribution in [3.05, 3.63) is 10.4 Å². The fourth-order valence-corrected chi connectivity index (χ4v) is 0.566. The molecular formula is C6H14N6O8. The van der Waals surface area contributed by atoms with Crippen molar-refractivity contribution in [3.8, 4) is 0 Å². The highest BCUT2D eigenvalue weighted by atomic mass is 16.6. The molecular weight excluding hydrogens is 284 g/mol. The van der Waals surface area contributed by atoms with Crippen molar-refractivity contribution >= 4 is 11.9 Å². The number of nitrogens with zero attached hydrogens (tertiary/aromatic N) is 4. The fourth-order valence-electron chi connectivity index (χ4n) is 0.566. The third-order valence-electron chi connectivity index (χ3n) is 1.54. The highest BCUT2D eigenvalue weighted by Crippen LogP contribution is 1.81. The number of carboxylic acid groups (broad SMARTS) is 2. The predicted octanol–water partition coefficient (Wildman–Crippen LogP) is -2.50. The van der Waals surface area contributed by atoms with E-state index in [-0.39, 0.29) is 9.72 Å². The lowest BCUT2D eigenvalue weighted by Crippen LogP contribution is -2.37. The number of carbonyl (C=O) groups is 2. The van der Waals surface area contributed by atoms with Crippen molar-refractivity contribution in [1.29, 1.82) is 0 Å². The highest BCUT2D eigenvalue weighted by molar-refractivity contribution is 5.73. The summed E-state index contributed by atoms with van der Waals surface area (Å²) >= 11 is 0. The Morgan fingerprint density at radius 1 is 0.950 bits per heavy atom. The number of hydrogen-bond donors (Lipinski definition) is 6. The van der Waals surface area contributed by atoms with Gasteiger partial charge in [0.15, 0.2) is 22.6 Å². The van der Waals surface area contributed by atoms with E-state index < -0.39 is 37.1 Å². The molecule has 0 heterocycles. The minimum atomic E-state index is -1.33. The van der Waals surface area contributed by atoms with Gasteiger partial charge in [0, 0.05) is 0 Å². The molecule has 0 saturated heterocycles. The normalized spacial score (nSPS) is 14.7. The van der Waals surface area contributed by atoms with E-state index in [1.807, 2.05) is 0 Å². The summed E-state index contributed by atoms with van der Waals surface area (Å²) in [6, 6.07) is -2.65. The summed E-state index contributed by atoms with van der Waals surface area (Å²) in [4.78, 5) is 19.5. The van der Waals surface area contributed by atoms with Gasteiger partial charge in [-0.15, -0.1) is 0 Å². The van der Waals surface area contributed by atoms with E-state index in [0.29, 0.717) is 0 Å². The van der Waals surface area contributed by atoms with Crippen LogP contribution in [-0.4, -0.2) is 67.5 Å². The van der Waals surface area contributed by atoms with Crippen molar-refractivity contribution < 1.29 is 39.9 Å². The van der Waals surface area contributed by atoms with Crippen LogP contribution in [0.4, 0.5) is 0 Å². The second-order valence-electron chi connectivity index (χ2n) is 3.14. The number of rotatable bonds is 6. The van der Waals surface area contributed by atoms with Gasteiger partial charge in [0.25, 0.3) is 0 Å². The smallest absolute Gasteiger partial charge is 0.327 e. The molecule has 14 heteroatoms. The van der Waals surface area contributed by atoms with Crippen LogP contribution in [0.1, 0.15) is 0 Å². The summed E-state index contributed by atoms with van der Waals surface area (Å²) in [5.74, 6) is -2.63. The van der Waals surface area contributed by atoms with Crippen molar-refractivity contribution in [2.24, 2.45) is 22.0 Å². The number of hydroxylamine groups is 2. The maximum Gasteiger partial charge on any atom is 0.327 e. The molecule has 20 heavy (non-hydrogen) atoms. The molecule has 8 N–H and O–H groups in total. The third-order valence-corrected chi connectivity index (χ3v) is 1.54. The summed E-state index contributed by atoms with van der Waals surface area (Å²) in [6.07, 6.45) is 0. The van der Waals surface area contributed by atoms with E-state index in [4.69, 9.17) is 32.1 Å². The first-order chi connectivity index (χ1) is 9.15. The molecule has 0 spiro atoms. The quantitative estimate of drug-likeness (QED) is 0.171. The molecule has 0 aromatic rings. The predicted molar refractivity (Wildman–Crippen MR) is 56.6 cm³/mol. The van der Waals surface area contributed by atoms with Gasteiger partial charge in [0.1, 0.15) is 0 Å². The van der Waals surface area contributed by atoms with Crippen LogP contribution >= 0.6 is 0 Å². The molecule has 0 amide bonds. The van der Waals surface area contributed by atoms with Crippen LogP contribution < -0.4 is 11.5 Å². The van der Waals surface area contributed by atoms with Gasteiger partial charge in [-0.25, -0.2) is 0 Å². The summed E-state index contributed by atoms with van der Waals surface area (Å²) < 4.78 is 0. The van der Waals surface area contributed by atoms with E-state index in [0.717, 1.165) is 0 Å². The standard InChI is InChI=1S/2C3H7N3O4/c2*4-2(3(7)8)1-6(10)5-9/h2*2,9H,1,4H2,(H,7,8)/t2*2-/m00/s1. The molecule has 0 aromatic heterocycles. The monoisotopic (exact) mass is 298 g/mol. The average Bonchev–Trinajstić information content (AvgIpc) is 2.38. The van der Waals surface area contributed by atoms with Crippen LogP contribution in [0.15, 0.2) is 10.6 Å². The molecule has 0 aliphatic carbocycles. The molecule has 0 fully saturated rings. The van der Waals surface area contributed by atoms with Gasteiger partial charge >= 0.3 is 11.9 Å². The lowest BCUT2D eigenvalue weighted by molar-refractivity contribution is -0.556. The lowest BCUT2D eigenvalue weighted by Gasteiger charge is -2.01. The lowest BCUT2D eigenvalue weighted by atomic mass is 10.3. The van der Waals surface area contributed by atoms with Crippen LogP contribution in [0.2, 0.25) is 0 Å². The topological polar surface area (TPSA) is 244 Å². The molecule has 0 rings (SSSR count). The van der Waals surface area contributed by atoms with E-state index in [9.17, 15) is 20.0 Å². The Morgan fingerprint density at radius 3 is 1.35 bits per heavy atom. The van der Waals surface area contributed by atoms with Crippen LogP contribution in [0.5, 0.6) is 0 Å². The number of hydrogen-bond acceptors (Lipinski definition) is 8. The Kier molecular flexibility index (Phi) is 10.0. The van der Waals surface area contributed by atoms with E-state index >= 15 is 0 Å². The molecule has 0 radical (unpaired) electrons. The number of nitrogens with two attached hydrogens (primary N) is 2. The second-order valence-corrected chi connectivity index (χ2v) is 3.14. The Bertz CT molecular complexity index is 348. The molecule has 0 aromatic carbocycles. The maximum absolute atomic E-state index is 10.1. The van der Waals surface area contributed by atoms with Crippen LogP contribution in [-0.2, 0) is 9.59 Å². The first kappa shape index (κ1) is 19.6. The minimum Gasteiger partial charge on any atom is -0.597 e. The van der Waals surface area contributed by atoms with Gasteiger partial charge in [-0.1, -0.05) is 9.72 Å². The van der Waals surface area contributed by atoms with Gasteiger partial charge in [-0.2, -0.15) is 0 Å². The van der Waals surface area contributed by atoms with Crippen LogP contribution in [0.3, 0.4) is 0 Å². The SMILES string of the molecule is N[C@@H](C[N+]([O-])=NO)C(=O)O.N[C@@H](C[N+]([O-])=NO)C(=O)O. The average molecular weight is 298 g/mol. The molecule has 14 nitrogen and oxygen atoms in total. The summed E-state index contributed by atoms with van der Waals surface area (Å²) in [7, 11) is 0. The second kappa shape index (κ2) is 10.2. The Balaban J connectivity index is 0. The zero-order valence-electron chi connectivity index (χ0n) is 9.93. The van der Waals surface area contributed by atoms with Gasteiger partial charge in [0.2, 0.25) is 13.1 Å². The van der Waals surface area contributed by atoms with Gasteiger partial charge < -0.3 is 42.5 Å². The molecule has 2 atom stereocenters. The highest BCUT2D eigenvalue weighted by Gasteiger charge is 2.17. The van der Waals surface area contributed by atoms with Crippen molar-refractivity contribution in [2.75, 3.05) is 13.1 Å². The minimum absolute atomic E-state index is 0.210. The first-order valence-electron chi connectivity index (χ1n) is 4.71. The fraction of sp³-hybridized carbons (Fsp3) is 0.667. The number of carboxylic acids is 2. The van der Waals surface area contributed by atoms with Crippen LogP contribution in [0, 0.1) is 10.4 Å². The molecule has 0 aliphatic heterocycles. The van der Waals surface area contributed by atoms with Gasteiger partial charge in [-0.3, -0.25) is 9.59 Å². The molecule has 0 bridgehead atoms. The Morgan fingerprint density at radius 2 is 1.20 bits per heavy atom. The zero-order chi connectivity index (χ0) is 16.3. The van der Waals surface area contributed by atoms with E-state index in [1.165, 1.54) is 0 Å². The van der Waals surface area contributed by atoms with Crippen molar-refractivity contribution in [1.82, 2.24) is 0 Å². The van der Waals surface area contributed by atoms with E-state index in [1.54, 1.807) is 0 Å². The van der Waals surface area contributed by atoms with Crippen molar-refractivity contribution in [3.63, 3.8) is 0 Å². The molecule has 0 aliphatic rings. The summed E-state index contributed by atoms with van der Waals surface area (Å²) in [6.45, 7) is -1.13. The Labute approximate surface area is 110 Å². The Hall–Kier alpha value is -2.74. The maximum atomic E-state index is 10.1. The van der Waals surface area contributed by atoms with Crippen LogP contribution in [0.25, 0.3) is 0 Å². The van der Waals surface area contributed by atoms with E-state index in [2.05, 4.69) is 10.6 Å². The zero-order valence-corrected chi connectivity index (χ0v) is 9.93. The molecule has 0 unspecified atom stereocenters. The summed E-state index contributed by atoms with van der Waals surface area (Å²) in [5, 5.41) is 56.2. The third kappa shape index (κ3) is 10.4. The van der Waals surface area contributed by atoms with Gasteiger partial charge in [-0.05, 0) is 0 Å². The van der Waals surface area contributed by atoms with Gasteiger partial charge in [0.05, 0.1) is 0 Å². The molecule has 0 saturated carbocycles.